The van der Waals surface area contributed by atoms with E-state index in [9.17, 15) is 0 Å². The molecule has 0 aliphatic heterocycles. The fourth-order valence-corrected chi connectivity index (χ4v) is 3.37. The van der Waals surface area contributed by atoms with Crippen molar-refractivity contribution in [3.05, 3.63) is 32.7 Å². The summed E-state index contributed by atoms with van der Waals surface area (Å²) in [5.74, 6) is 0.786. The van der Waals surface area contributed by atoms with Crippen molar-refractivity contribution in [3.8, 4) is 11.4 Å². The second kappa shape index (κ2) is 4.39. The zero-order valence-electron chi connectivity index (χ0n) is 9.66. The van der Waals surface area contributed by atoms with Gasteiger partial charge in [-0.2, -0.15) is 11.3 Å². The second-order valence-electron chi connectivity index (χ2n) is 4.44. The molecule has 2 aromatic rings. The highest BCUT2D eigenvalue weighted by atomic mass is 35.5. The van der Waals surface area contributed by atoms with Gasteiger partial charge in [-0.05, 0) is 43.6 Å². The number of aryl methyl sites for hydroxylation is 2. The molecule has 0 radical (unpaired) electrons. The minimum absolute atomic E-state index is 0.648. The van der Waals surface area contributed by atoms with Crippen LogP contribution in [0.15, 0.2) is 10.8 Å². The monoisotopic (exact) mass is 264 g/mol. The molecule has 0 amide bonds. The van der Waals surface area contributed by atoms with E-state index in [0.717, 1.165) is 35.5 Å². The van der Waals surface area contributed by atoms with E-state index in [4.69, 9.17) is 11.6 Å². The van der Waals surface area contributed by atoms with Gasteiger partial charge < -0.3 is 0 Å². The van der Waals surface area contributed by atoms with Gasteiger partial charge in [0.2, 0.25) is 0 Å². The first-order valence-corrected chi connectivity index (χ1v) is 7.16. The molecule has 0 fully saturated rings. The Hall–Kier alpha value is -0.930. The quantitative estimate of drug-likeness (QED) is 0.727. The van der Waals surface area contributed by atoms with Gasteiger partial charge in [0, 0.05) is 22.2 Å². The molecule has 0 unspecified atom stereocenters. The summed E-state index contributed by atoms with van der Waals surface area (Å²) in [5, 5.41) is 4.86. The van der Waals surface area contributed by atoms with Crippen LogP contribution in [0.3, 0.4) is 0 Å². The SMILES string of the molecule is Cc1cscc1-c1nc(Cl)c2c(n1)CCCC2. The molecule has 17 heavy (non-hydrogen) atoms. The van der Waals surface area contributed by atoms with Crippen molar-refractivity contribution in [2.75, 3.05) is 0 Å². The molecule has 2 aromatic heterocycles. The lowest BCUT2D eigenvalue weighted by Crippen LogP contribution is -2.08. The molecule has 0 aromatic carbocycles. The molecule has 2 nitrogen and oxygen atoms in total. The van der Waals surface area contributed by atoms with Crippen LogP contribution in [0.5, 0.6) is 0 Å². The molecule has 0 saturated carbocycles. The van der Waals surface area contributed by atoms with Crippen molar-refractivity contribution < 1.29 is 0 Å². The van der Waals surface area contributed by atoms with Crippen LogP contribution in [0.25, 0.3) is 11.4 Å². The Morgan fingerprint density at radius 3 is 2.76 bits per heavy atom. The van der Waals surface area contributed by atoms with Gasteiger partial charge in [0.05, 0.1) is 0 Å². The molecule has 88 valence electrons. The third-order valence-electron chi connectivity index (χ3n) is 3.23. The van der Waals surface area contributed by atoms with Crippen molar-refractivity contribution in [3.63, 3.8) is 0 Å². The Morgan fingerprint density at radius 1 is 1.18 bits per heavy atom. The van der Waals surface area contributed by atoms with Crippen molar-refractivity contribution in [2.45, 2.75) is 32.6 Å². The molecule has 3 rings (SSSR count). The molecular formula is C13H13ClN2S. The van der Waals surface area contributed by atoms with E-state index >= 15 is 0 Å². The third-order valence-corrected chi connectivity index (χ3v) is 4.40. The first-order valence-electron chi connectivity index (χ1n) is 5.84. The molecule has 1 aliphatic carbocycles. The number of hydrogen-bond acceptors (Lipinski definition) is 3. The summed E-state index contributed by atoms with van der Waals surface area (Å²) in [5.41, 5.74) is 4.65. The molecule has 0 N–H and O–H groups in total. The van der Waals surface area contributed by atoms with Crippen molar-refractivity contribution in [2.24, 2.45) is 0 Å². The summed E-state index contributed by atoms with van der Waals surface area (Å²) in [6, 6.07) is 0. The molecule has 1 aliphatic rings. The van der Waals surface area contributed by atoms with Gasteiger partial charge in [0.25, 0.3) is 0 Å². The van der Waals surface area contributed by atoms with E-state index < -0.39 is 0 Å². The molecular weight excluding hydrogens is 252 g/mol. The summed E-state index contributed by atoms with van der Waals surface area (Å²) in [6.07, 6.45) is 4.47. The summed E-state index contributed by atoms with van der Waals surface area (Å²) in [4.78, 5) is 9.14. The zero-order chi connectivity index (χ0) is 11.8. The standard InChI is InChI=1S/C13H13ClN2S/c1-8-6-17-7-10(8)13-15-11-5-3-2-4-9(11)12(14)16-13/h6-7H,2-5H2,1H3. The van der Waals surface area contributed by atoms with Crippen LogP contribution in [0.1, 0.15) is 29.7 Å². The topological polar surface area (TPSA) is 25.8 Å². The fraction of sp³-hybridized carbons (Fsp3) is 0.385. The highest BCUT2D eigenvalue weighted by Crippen LogP contribution is 2.30. The van der Waals surface area contributed by atoms with E-state index in [0.29, 0.717) is 5.15 Å². The lowest BCUT2D eigenvalue weighted by molar-refractivity contribution is 0.663. The van der Waals surface area contributed by atoms with Crippen molar-refractivity contribution >= 4 is 22.9 Å². The maximum absolute atomic E-state index is 6.27. The number of hydrogen-bond donors (Lipinski definition) is 0. The Balaban J connectivity index is 2.14. The van der Waals surface area contributed by atoms with Crippen molar-refractivity contribution in [1.29, 1.82) is 0 Å². The number of thiophene rings is 1. The van der Waals surface area contributed by atoms with Gasteiger partial charge >= 0.3 is 0 Å². The predicted molar refractivity (Wildman–Crippen MR) is 71.7 cm³/mol. The minimum Gasteiger partial charge on any atom is -0.233 e. The largest absolute Gasteiger partial charge is 0.233 e. The molecule has 0 atom stereocenters. The second-order valence-corrected chi connectivity index (χ2v) is 5.54. The van der Waals surface area contributed by atoms with Crippen LogP contribution < -0.4 is 0 Å². The fourth-order valence-electron chi connectivity index (χ4n) is 2.26. The highest BCUT2D eigenvalue weighted by molar-refractivity contribution is 7.08. The van der Waals surface area contributed by atoms with Gasteiger partial charge in [-0.25, -0.2) is 9.97 Å². The van der Waals surface area contributed by atoms with E-state index in [-0.39, 0.29) is 0 Å². The van der Waals surface area contributed by atoms with Crippen LogP contribution in [-0.4, -0.2) is 9.97 Å². The van der Waals surface area contributed by atoms with E-state index in [1.165, 1.54) is 18.4 Å². The number of rotatable bonds is 1. The maximum Gasteiger partial charge on any atom is 0.162 e. The molecule has 4 heteroatoms. The van der Waals surface area contributed by atoms with E-state index in [1.54, 1.807) is 11.3 Å². The Bertz CT molecular complexity index is 563. The van der Waals surface area contributed by atoms with Gasteiger partial charge in [-0.3, -0.25) is 0 Å². The highest BCUT2D eigenvalue weighted by Gasteiger charge is 2.18. The summed E-state index contributed by atoms with van der Waals surface area (Å²) in [6.45, 7) is 2.09. The zero-order valence-corrected chi connectivity index (χ0v) is 11.2. The first-order chi connectivity index (χ1) is 8.25. The molecule has 0 spiro atoms. The summed E-state index contributed by atoms with van der Waals surface area (Å²) < 4.78 is 0. The van der Waals surface area contributed by atoms with Gasteiger partial charge in [0.1, 0.15) is 5.15 Å². The number of fused-ring (bicyclic) bond motifs is 1. The van der Waals surface area contributed by atoms with Crippen LogP contribution >= 0.6 is 22.9 Å². The van der Waals surface area contributed by atoms with Gasteiger partial charge in [-0.1, -0.05) is 11.6 Å². The Kier molecular flexibility index (Phi) is 2.89. The van der Waals surface area contributed by atoms with Crippen LogP contribution in [0.2, 0.25) is 5.15 Å². The van der Waals surface area contributed by atoms with Gasteiger partial charge in [0.15, 0.2) is 5.82 Å². The Morgan fingerprint density at radius 2 is 2.00 bits per heavy atom. The lowest BCUT2D eigenvalue weighted by Gasteiger charge is -2.16. The van der Waals surface area contributed by atoms with Crippen LogP contribution in [0, 0.1) is 6.92 Å². The summed E-state index contributed by atoms with van der Waals surface area (Å²) >= 11 is 7.95. The van der Waals surface area contributed by atoms with E-state index in [2.05, 4.69) is 27.7 Å². The molecule has 0 saturated heterocycles. The smallest absolute Gasteiger partial charge is 0.162 e. The van der Waals surface area contributed by atoms with Gasteiger partial charge in [-0.15, -0.1) is 0 Å². The minimum atomic E-state index is 0.648. The number of halogens is 1. The van der Waals surface area contributed by atoms with E-state index in [1.807, 2.05) is 0 Å². The summed E-state index contributed by atoms with van der Waals surface area (Å²) in [7, 11) is 0. The van der Waals surface area contributed by atoms with Crippen LogP contribution in [-0.2, 0) is 12.8 Å². The lowest BCUT2D eigenvalue weighted by atomic mass is 9.97. The Labute approximate surface area is 110 Å². The van der Waals surface area contributed by atoms with Crippen LogP contribution in [0.4, 0.5) is 0 Å². The number of nitrogens with zero attached hydrogens (tertiary/aromatic N) is 2. The number of aromatic nitrogens is 2. The molecule has 2 heterocycles. The third kappa shape index (κ3) is 1.98. The maximum atomic E-state index is 6.27. The van der Waals surface area contributed by atoms with Crippen molar-refractivity contribution in [1.82, 2.24) is 9.97 Å². The molecule has 0 bridgehead atoms. The average Bonchev–Trinajstić information content (AvgIpc) is 2.75. The first kappa shape index (κ1) is 11.2. The predicted octanol–water partition coefficient (Wildman–Crippen LogP) is 4.05. The normalized spacial score (nSPS) is 14.7. The average molecular weight is 265 g/mol.